The Kier molecular flexibility index (Phi) is 2.47. The quantitative estimate of drug-likeness (QED) is 0.809. The van der Waals surface area contributed by atoms with Gasteiger partial charge in [-0.15, -0.1) is 0 Å². The molecule has 0 heterocycles. The van der Waals surface area contributed by atoms with Gasteiger partial charge in [-0.05, 0) is 31.4 Å². The van der Waals surface area contributed by atoms with Gasteiger partial charge in [-0.1, -0.05) is 18.2 Å². The van der Waals surface area contributed by atoms with Gasteiger partial charge in [-0.2, -0.15) is 0 Å². The van der Waals surface area contributed by atoms with Gasteiger partial charge < -0.3 is 5.32 Å². The van der Waals surface area contributed by atoms with Gasteiger partial charge in [0.25, 0.3) is 5.91 Å². The first-order valence-electron chi connectivity index (χ1n) is 5.13. The highest BCUT2D eigenvalue weighted by Crippen LogP contribution is 2.38. The molecule has 1 amide bonds. The van der Waals surface area contributed by atoms with Crippen molar-refractivity contribution in [3.05, 3.63) is 35.4 Å². The fraction of sp³-hybridized carbons (Fsp3) is 0.417. The molecule has 1 fully saturated rings. The van der Waals surface area contributed by atoms with Crippen molar-refractivity contribution in [2.75, 3.05) is 6.54 Å². The van der Waals surface area contributed by atoms with Crippen LogP contribution in [0.25, 0.3) is 0 Å². The maximum atomic E-state index is 13.3. The lowest BCUT2D eigenvalue weighted by Crippen LogP contribution is -2.31. The van der Waals surface area contributed by atoms with Gasteiger partial charge in [0.15, 0.2) is 0 Å². The summed E-state index contributed by atoms with van der Waals surface area (Å²) in [5.74, 6) is -0.183. The van der Waals surface area contributed by atoms with E-state index < -0.39 is 5.67 Å². The number of aryl methyl sites for hydroxylation is 1. The summed E-state index contributed by atoms with van der Waals surface area (Å²) in [6, 6.07) is 7.31. The van der Waals surface area contributed by atoms with Crippen molar-refractivity contribution in [3.8, 4) is 0 Å². The molecular formula is C12H14FNO. The number of carbonyl (C=O) groups is 1. The third-order valence-corrected chi connectivity index (χ3v) is 2.75. The van der Waals surface area contributed by atoms with E-state index in [0.29, 0.717) is 18.4 Å². The molecule has 80 valence electrons. The summed E-state index contributed by atoms with van der Waals surface area (Å²) in [5.41, 5.74) is 0.415. The summed E-state index contributed by atoms with van der Waals surface area (Å²) in [5, 5.41) is 2.63. The van der Waals surface area contributed by atoms with Crippen LogP contribution in [0.4, 0.5) is 4.39 Å². The number of hydrogen-bond donors (Lipinski definition) is 1. The van der Waals surface area contributed by atoms with Gasteiger partial charge in [0.1, 0.15) is 5.67 Å². The van der Waals surface area contributed by atoms with E-state index in [2.05, 4.69) is 5.32 Å². The average molecular weight is 207 g/mol. The lowest BCUT2D eigenvalue weighted by Gasteiger charge is -2.09. The Balaban J connectivity index is 1.99. The Labute approximate surface area is 88.5 Å². The predicted octanol–water partition coefficient (Wildman–Crippen LogP) is 2.23. The minimum Gasteiger partial charge on any atom is -0.349 e. The summed E-state index contributed by atoms with van der Waals surface area (Å²) in [6.45, 7) is 2.01. The number of carbonyl (C=O) groups excluding carboxylic acids is 1. The average Bonchev–Trinajstić information content (AvgIpc) is 2.95. The Morgan fingerprint density at radius 2 is 2.13 bits per heavy atom. The van der Waals surface area contributed by atoms with E-state index in [1.807, 2.05) is 25.1 Å². The minimum atomic E-state index is -1.13. The Bertz CT molecular complexity index is 385. The maximum absolute atomic E-state index is 13.3. The normalized spacial score (nSPS) is 17.2. The van der Waals surface area contributed by atoms with Crippen molar-refractivity contribution in [3.63, 3.8) is 0 Å². The molecule has 2 rings (SSSR count). The molecule has 0 bridgehead atoms. The van der Waals surface area contributed by atoms with Crippen molar-refractivity contribution >= 4 is 5.91 Å². The van der Waals surface area contributed by atoms with Crippen LogP contribution in [0.2, 0.25) is 0 Å². The van der Waals surface area contributed by atoms with Crippen LogP contribution in [0.5, 0.6) is 0 Å². The first-order valence-corrected chi connectivity index (χ1v) is 5.13. The smallest absolute Gasteiger partial charge is 0.251 e. The van der Waals surface area contributed by atoms with E-state index in [1.165, 1.54) is 0 Å². The number of hydrogen-bond acceptors (Lipinski definition) is 1. The molecule has 1 aliphatic carbocycles. The molecule has 1 aromatic carbocycles. The Hall–Kier alpha value is -1.38. The minimum absolute atomic E-state index is 0.139. The summed E-state index contributed by atoms with van der Waals surface area (Å²) >= 11 is 0. The summed E-state index contributed by atoms with van der Waals surface area (Å²) < 4.78 is 13.3. The van der Waals surface area contributed by atoms with Gasteiger partial charge in [0, 0.05) is 5.56 Å². The van der Waals surface area contributed by atoms with Crippen molar-refractivity contribution in [1.29, 1.82) is 0 Å². The fourth-order valence-electron chi connectivity index (χ4n) is 1.47. The van der Waals surface area contributed by atoms with Crippen LogP contribution in [-0.4, -0.2) is 18.1 Å². The van der Waals surface area contributed by atoms with Crippen molar-refractivity contribution in [2.45, 2.75) is 25.4 Å². The molecule has 1 aromatic rings. The van der Waals surface area contributed by atoms with Crippen molar-refractivity contribution < 1.29 is 9.18 Å². The van der Waals surface area contributed by atoms with Gasteiger partial charge >= 0.3 is 0 Å². The van der Waals surface area contributed by atoms with Gasteiger partial charge in [0.05, 0.1) is 6.54 Å². The SMILES string of the molecule is Cc1ccccc1C(=O)NCC1(F)CC1. The molecule has 2 nitrogen and oxygen atoms in total. The number of amides is 1. The lowest BCUT2D eigenvalue weighted by atomic mass is 10.1. The largest absolute Gasteiger partial charge is 0.349 e. The van der Waals surface area contributed by atoms with Crippen LogP contribution in [0.3, 0.4) is 0 Å². The molecule has 1 N–H and O–H groups in total. The Morgan fingerprint density at radius 3 is 2.73 bits per heavy atom. The third-order valence-electron chi connectivity index (χ3n) is 2.75. The first-order chi connectivity index (χ1) is 7.11. The second kappa shape index (κ2) is 3.65. The van der Waals surface area contributed by atoms with E-state index in [4.69, 9.17) is 0 Å². The fourth-order valence-corrected chi connectivity index (χ4v) is 1.47. The molecule has 15 heavy (non-hydrogen) atoms. The second-order valence-corrected chi connectivity index (χ2v) is 4.15. The zero-order valence-electron chi connectivity index (χ0n) is 8.72. The highest BCUT2D eigenvalue weighted by atomic mass is 19.1. The molecule has 1 aliphatic rings. The molecule has 0 atom stereocenters. The van der Waals surface area contributed by atoms with E-state index in [1.54, 1.807) is 6.07 Å². The lowest BCUT2D eigenvalue weighted by molar-refractivity contribution is 0.0937. The highest BCUT2D eigenvalue weighted by Gasteiger charge is 2.43. The molecule has 0 radical (unpaired) electrons. The zero-order chi connectivity index (χ0) is 10.9. The van der Waals surface area contributed by atoms with Crippen LogP contribution in [0.15, 0.2) is 24.3 Å². The van der Waals surface area contributed by atoms with Crippen molar-refractivity contribution in [1.82, 2.24) is 5.32 Å². The second-order valence-electron chi connectivity index (χ2n) is 4.15. The number of halogens is 1. The van der Waals surface area contributed by atoms with E-state index in [-0.39, 0.29) is 12.5 Å². The zero-order valence-corrected chi connectivity index (χ0v) is 8.72. The summed E-state index contributed by atoms with van der Waals surface area (Å²) in [7, 11) is 0. The molecule has 0 saturated heterocycles. The predicted molar refractivity (Wildman–Crippen MR) is 56.6 cm³/mol. The van der Waals surface area contributed by atoms with E-state index in [0.717, 1.165) is 5.56 Å². The monoisotopic (exact) mass is 207 g/mol. The number of benzene rings is 1. The summed E-state index contributed by atoms with van der Waals surface area (Å²) in [4.78, 5) is 11.7. The van der Waals surface area contributed by atoms with Gasteiger partial charge in [-0.3, -0.25) is 4.79 Å². The van der Waals surface area contributed by atoms with Crippen LogP contribution in [0, 0.1) is 6.92 Å². The molecular weight excluding hydrogens is 193 g/mol. The van der Waals surface area contributed by atoms with Crippen LogP contribution >= 0.6 is 0 Å². The molecule has 0 spiro atoms. The molecule has 3 heteroatoms. The number of nitrogens with one attached hydrogen (secondary N) is 1. The third kappa shape index (κ3) is 2.35. The molecule has 0 aliphatic heterocycles. The summed E-state index contributed by atoms with van der Waals surface area (Å²) in [6.07, 6.45) is 1.14. The Morgan fingerprint density at radius 1 is 1.47 bits per heavy atom. The number of rotatable bonds is 3. The van der Waals surface area contributed by atoms with E-state index >= 15 is 0 Å². The topological polar surface area (TPSA) is 29.1 Å². The van der Waals surface area contributed by atoms with Crippen LogP contribution in [-0.2, 0) is 0 Å². The van der Waals surface area contributed by atoms with Crippen LogP contribution in [0.1, 0.15) is 28.8 Å². The first kappa shape index (κ1) is 10.1. The number of alkyl halides is 1. The molecule has 0 aromatic heterocycles. The molecule has 1 saturated carbocycles. The maximum Gasteiger partial charge on any atom is 0.251 e. The van der Waals surface area contributed by atoms with Gasteiger partial charge in [0.2, 0.25) is 0 Å². The standard InChI is InChI=1S/C12H14FNO/c1-9-4-2-3-5-10(9)11(15)14-8-12(13)6-7-12/h2-5H,6-8H2,1H3,(H,14,15). The van der Waals surface area contributed by atoms with Crippen LogP contribution < -0.4 is 5.32 Å². The highest BCUT2D eigenvalue weighted by molar-refractivity contribution is 5.95. The van der Waals surface area contributed by atoms with Crippen molar-refractivity contribution in [2.24, 2.45) is 0 Å². The van der Waals surface area contributed by atoms with E-state index in [9.17, 15) is 9.18 Å². The molecule has 0 unspecified atom stereocenters. The van der Waals surface area contributed by atoms with Gasteiger partial charge in [-0.25, -0.2) is 4.39 Å².